The normalized spacial score (nSPS) is 16.9. The summed E-state index contributed by atoms with van der Waals surface area (Å²) in [6.07, 6.45) is -0.366. The van der Waals surface area contributed by atoms with Gasteiger partial charge in [0, 0.05) is 31.2 Å². The fraction of sp³-hybridized carbons (Fsp3) is 0.412. The van der Waals surface area contributed by atoms with Gasteiger partial charge in [-0.25, -0.2) is 0 Å². The average Bonchev–Trinajstić information content (AvgIpc) is 3.15. The second-order valence-electron chi connectivity index (χ2n) is 6.14. The van der Waals surface area contributed by atoms with Crippen LogP contribution in [-0.4, -0.2) is 42.2 Å². The van der Waals surface area contributed by atoms with Crippen LogP contribution in [0.4, 0.5) is 18.9 Å². The molecule has 6 nitrogen and oxygen atoms in total. The highest BCUT2D eigenvalue weighted by atomic mass is 19.4. The standard InChI is InChI=1S/C17H19F3N4O2/c1-23(13-4-2-5-14(12-13)26-17(18,19)20)15(25)16(6-9-21-10-7-16)24-11-3-8-22-24/h2-5,8,11-12,21H,6-7,9-10H2,1H3. The molecule has 0 atom stereocenters. The van der Waals surface area contributed by atoms with Gasteiger partial charge in [-0.15, -0.1) is 13.2 Å². The van der Waals surface area contributed by atoms with E-state index in [9.17, 15) is 18.0 Å². The van der Waals surface area contributed by atoms with Crippen LogP contribution >= 0.6 is 0 Å². The molecule has 0 saturated carbocycles. The van der Waals surface area contributed by atoms with Gasteiger partial charge in [0.05, 0.1) is 0 Å². The summed E-state index contributed by atoms with van der Waals surface area (Å²) in [5.41, 5.74) is -0.550. The molecule has 1 fully saturated rings. The van der Waals surface area contributed by atoms with Crippen LogP contribution in [0, 0.1) is 0 Å². The molecular formula is C17H19F3N4O2. The highest BCUT2D eigenvalue weighted by molar-refractivity contribution is 5.98. The molecule has 9 heteroatoms. The van der Waals surface area contributed by atoms with Crippen molar-refractivity contribution in [1.82, 2.24) is 15.1 Å². The molecule has 0 radical (unpaired) electrons. The van der Waals surface area contributed by atoms with Crippen molar-refractivity contribution in [1.29, 1.82) is 0 Å². The quantitative estimate of drug-likeness (QED) is 0.901. The number of rotatable bonds is 4. The Labute approximate surface area is 148 Å². The molecule has 3 rings (SSSR count). The van der Waals surface area contributed by atoms with Gasteiger partial charge in [0.1, 0.15) is 11.3 Å². The van der Waals surface area contributed by atoms with Gasteiger partial charge >= 0.3 is 6.36 Å². The third-order valence-corrected chi connectivity index (χ3v) is 4.51. The molecule has 1 N–H and O–H groups in total. The summed E-state index contributed by atoms with van der Waals surface area (Å²) in [4.78, 5) is 14.6. The van der Waals surface area contributed by atoms with Gasteiger partial charge in [-0.2, -0.15) is 5.10 Å². The number of carbonyl (C=O) groups is 1. The topological polar surface area (TPSA) is 59.4 Å². The SMILES string of the molecule is CN(C(=O)C1(n2cccn2)CCNCC1)c1cccc(OC(F)(F)F)c1. The molecule has 1 aromatic heterocycles. The van der Waals surface area contributed by atoms with E-state index < -0.39 is 11.9 Å². The molecule has 1 aliphatic rings. The number of hydrogen-bond donors (Lipinski definition) is 1. The maximum absolute atomic E-state index is 13.3. The number of ether oxygens (including phenoxy) is 1. The molecule has 0 unspecified atom stereocenters. The van der Waals surface area contributed by atoms with E-state index in [2.05, 4.69) is 15.2 Å². The Kier molecular flexibility index (Phi) is 4.90. The first kappa shape index (κ1) is 18.2. The van der Waals surface area contributed by atoms with E-state index in [1.54, 1.807) is 36.3 Å². The Morgan fingerprint density at radius 3 is 2.65 bits per heavy atom. The maximum atomic E-state index is 13.3. The van der Waals surface area contributed by atoms with E-state index in [1.807, 2.05) is 0 Å². The van der Waals surface area contributed by atoms with Crippen molar-refractivity contribution in [2.45, 2.75) is 24.7 Å². The summed E-state index contributed by atoms with van der Waals surface area (Å²) in [7, 11) is 1.54. The molecule has 0 spiro atoms. The first-order valence-corrected chi connectivity index (χ1v) is 8.17. The number of alkyl halides is 3. The molecule has 140 valence electrons. The minimum atomic E-state index is -4.79. The summed E-state index contributed by atoms with van der Waals surface area (Å²) in [5.74, 6) is -0.597. The van der Waals surface area contributed by atoms with E-state index in [4.69, 9.17) is 0 Å². The number of amides is 1. The van der Waals surface area contributed by atoms with Crippen molar-refractivity contribution in [3.05, 3.63) is 42.7 Å². The Bertz CT molecular complexity index is 756. The zero-order valence-corrected chi connectivity index (χ0v) is 14.2. The van der Waals surface area contributed by atoms with Gasteiger partial charge in [-0.05, 0) is 44.1 Å². The highest BCUT2D eigenvalue weighted by Gasteiger charge is 2.44. The van der Waals surface area contributed by atoms with Gasteiger partial charge in [-0.3, -0.25) is 9.48 Å². The third-order valence-electron chi connectivity index (χ3n) is 4.51. The van der Waals surface area contributed by atoms with E-state index in [0.717, 1.165) is 0 Å². The summed E-state index contributed by atoms with van der Waals surface area (Å²) in [5, 5.41) is 7.46. The molecule has 1 aliphatic heterocycles. The number of nitrogens with zero attached hydrogens (tertiary/aromatic N) is 3. The number of piperidine rings is 1. The number of hydrogen-bond acceptors (Lipinski definition) is 4. The zero-order valence-electron chi connectivity index (χ0n) is 14.2. The van der Waals surface area contributed by atoms with E-state index >= 15 is 0 Å². The van der Waals surface area contributed by atoms with Crippen molar-refractivity contribution in [3.8, 4) is 5.75 Å². The molecule has 0 aliphatic carbocycles. The van der Waals surface area contributed by atoms with Crippen molar-refractivity contribution in [2.24, 2.45) is 0 Å². The average molecular weight is 368 g/mol. The monoisotopic (exact) mass is 368 g/mol. The number of anilines is 1. The lowest BCUT2D eigenvalue weighted by molar-refractivity contribution is -0.274. The fourth-order valence-corrected chi connectivity index (χ4v) is 3.22. The number of halogens is 3. The molecule has 0 bridgehead atoms. The fourth-order valence-electron chi connectivity index (χ4n) is 3.22. The second kappa shape index (κ2) is 6.99. The Morgan fingerprint density at radius 1 is 1.31 bits per heavy atom. The van der Waals surface area contributed by atoms with E-state index in [0.29, 0.717) is 31.6 Å². The zero-order chi connectivity index (χ0) is 18.8. The van der Waals surface area contributed by atoms with Crippen molar-refractivity contribution in [3.63, 3.8) is 0 Å². The number of carbonyl (C=O) groups excluding carboxylic acids is 1. The summed E-state index contributed by atoms with van der Waals surface area (Å²) in [6, 6.07) is 7.13. The molecule has 1 aromatic carbocycles. The summed E-state index contributed by atoms with van der Waals surface area (Å²) in [6.45, 7) is 1.30. The molecule has 1 amide bonds. The van der Waals surface area contributed by atoms with Crippen LogP contribution in [0.2, 0.25) is 0 Å². The predicted molar refractivity (Wildman–Crippen MR) is 88.8 cm³/mol. The Balaban J connectivity index is 1.89. The lowest BCUT2D eigenvalue weighted by atomic mass is 9.86. The number of likely N-dealkylation sites (N-methyl/N-ethyl adjacent to an activating group) is 1. The van der Waals surface area contributed by atoms with Gasteiger partial charge < -0.3 is 15.0 Å². The smallest absolute Gasteiger partial charge is 0.406 e. The van der Waals surface area contributed by atoms with Crippen molar-refractivity contribution in [2.75, 3.05) is 25.0 Å². The number of benzene rings is 1. The van der Waals surface area contributed by atoms with Crippen molar-refractivity contribution >= 4 is 11.6 Å². The predicted octanol–water partition coefficient (Wildman–Crippen LogP) is 2.52. The largest absolute Gasteiger partial charge is 0.573 e. The highest BCUT2D eigenvalue weighted by Crippen LogP contribution is 2.32. The summed E-state index contributed by atoms with van der Waals surface area (Å²) < 4.78 is 42.9. The number of aromatic nitrogens is 2. The van der Waals surface area contributed by atoms with Crippen LogP contribution in [-0.2, 0) is 10.3 Å². The lowest BCUT2D eigenvalue weighted by Crippen LogP contribution is -2.55. The third kappa shape index (κ3) is 3.67. The Morgan fingerprint density at radius 2 is 2.04 bits per heavy atom. The van der Waals surface area contributed by atoms with Gasteiger partial charge in [0.2, 0.25) is 0 Å². The molecule has 2 heterocycles. The Hall–Kier alpha value is -2.55. The van der Waals surface area contributed by atoms with Crippen LogP contribution in [0.15, 0.2) is 42.7 Å². The first-order chi connectivity index (χ1) is 12.3. The number of nitrogens with one attached hydrogen (secondary N) is 1. The maximum Gasteiger partial charge on any atom is 0.573 e. The lowest BCUT2D eigenvalue weighted by Gasteiger charge is -2.39. The minimum absolute atomic E-state index is 0.230. The van der Waals surface area contributed by atoms with Gasteiger partial charge in [-0.1, -0.05) is 6.07 Å². The van der Waals surface area contributed by atoms with Gasteiger partial charge in [0.15, 0.2) is 0 Å². The first-order valence-electron chi connectivity index (χ1n) is 8.17. The molecule has 2 aromatic rings. The van der Waals surface area contributed by atoms with Crippen molar-refractivity contribution < 1.29 is 22.7 Å². The van der Waals surface area contributed by atoms with Crippen LogP contribution in [0.1, 0.15) is 12.8 Å². The van der Waals surface area contributed by atoms with E-state index in [-0.39, 0.29) is 11.7 Å². The minimum Gasteiger partial charge on any atom is -0.406 e. The summed E-state index contributed by atoms with van der Waals surface area (Å²) >= 11 is 0. The van der Waals surface area contributed by atoms with Crippen LogP contribution < -0.4 is 15.0 Å². The van der Waals surface area contributed by atoms with Crippen LogP contribution in [0.25, 0.3) is 0 Å². The van der Waals surface area contributed by atoms with Crippen LogP contribution in [0.5, 0.6) is 5.75 Å². The van der Waals surface area contributed by atoms with Crippen LogP contribution in [0.3, 0.4) is 0 Å². The van der Waals surface area contributed by atoms with E-state index in [1.165, 1.54) is 23.1 Å². The molecular weight excluding hydrogens is 349 g/mol. The molecule has 1 saturated heterocycles. The molecule has 26 heavy (non-hydrogen) atoms. The van der Waals surface area contributed by atoms with Gasteiger partial charge in [0.25, 0.3) is 5.91 Å². The second-order valence-corrected chi connectivity index (χ2v) is 6.14.